The Morgan fingerprint density at radius 1 is 1.00 bits per heavy atom. The van der Waals surface area contributed by atoms with Crippen molar-refractivity contribution >= 4 is 11.9 Å². The van der Waals surface area contributed by atoms with E-state index in [1.807, 2.05) is 0 Å². The highest BCUT2D eigenvalue weighted by Gasteiger charge is 2.33. The van der Waals surface area contributed by atoms with Crippen LogP contribution in [-0.2, 0) is 9.53 Å². The first-order valence-electron chi connectivity index (χ1n) is 14.3. The third kappa shape index (κ3) is 8.67. The van der Waals surface area contributed by atoms with E-state index in [1.54, 1.807) is 7.11 Å². The zero-order valence-corrected chi connectivity index (χ0v) is 23.3. The van der Waals surface area contributed by atoms with Gasteiger partial charge in [0.25, 0.3) is 0 Å². The first-order chi connectivity index (χ1) is 17.5. The Morgan fingerprint density at radius 2 is 1.61 bits per heavy atom. The maximum absolute atomic E-state index is 11.4. The van der Waals surface area contributed by atoms with E-state index in [-0.39, 0.29) is 12.5 Å². The van der Waals surface area contributed by atoms with Gasteiger partial charge < -0.3 is 24.8 Å². The molecule has 204 valence electrons. The molecule has 0 aromatic carbocycles. The Morgan fingerprint density at radius 3 is 2.22 bits per heavy atom. The number of ether oxygens (including phenoxy) is 1. The molecular weight excluding hydrogens is 452 g/mol. The number of unbranched alkanes of at least 4 members (excludes halogenated alkanes) is 4. The van der Waals surface area contributed by atoms with Crippen molar-refractivity contribution in [2.45, 2.75) is 89.6 Å². The van der Waals surface area contributed by atoms with Crippen LogP contribution in [0.3, 0.4) is 0 Å². The van der Waals surface area contributed by atoms with Crippen LogP contribution in [-0.4, -0.2) is 97.8 Å². The second-order valence-corrected chi connectivity index (χ2v) is 10.7. The monoisotopic (exact) mass is 502 g/mol. The van der Waals surface area contributed by atoms with Gasteiger partial charge in [0.1, 0.15) is 6.61 Å². The summed E-state index contributed by atoms with van der Waals surface area (Å²) in [6.45, 7) is 11.2. The largest absolute Gasteiger partial charge is 0.375 e. The number of rotatable bonds is 14. The topological polar surface area (TPSA) is 73.8 Å². The Kier molecular flexibility index (Phi) is 12.4. The molecule has 2 atom stereocenters. The minimum absolute atomic E-state index is 0.0197. The van der Waals surface area contributed by atoms with Crippen LogP contribution in [0.15, 0.2) is 12.4 Å². The lowest BCUT2D eigenvalue weighted by Crippen LogP contribution is -2.58. The molecular formula is C28H50N6O2. The van der Waals surface area contributed by atoms with Crippen molar-refractivity contribution in [2.24, 2.45) is 0 Å². The lowest BCUT2D eigenvalue weighted by molar-refractivity contribution is -0.124. The van der Waals surface area contributed by atoms with Gasteiger partial charge in [-0.15, -0.1) is 0 Å². The van der Waals surface area contributed by atoms with Crippen LogP contribution in [0.2, 0.25) is 0 Å². The number of piperazine rings is 1. The molecule has 1 aromatic rings. The van der Waals surface area contributed by atoms with E-state index in [4.69, 9.17) is 14.7 Å². The maximum Gasteiger partial charge on any atom is 0.245 e. The van der Waals surface area contributed by atoms with Crippen LogP contribution in [0, 0.1) is 0 Å². The van der Waals surface area contributed by atoms with Crippen LogP contribution in [0.1, 0.15) is 83.1 Å². The summed E-state index contributed by atoms with van der Waals surface area (Å²) in [5, 5.41) is 2.89. The summed E-state index contributed by atoms with van der Waals surface area (Å²) in [5.41, 5.74) is 1.31. The molecule has 0 aliphatic carbocycles. The predicted octanol–water partition coefficient (Wildman–Crippen LogP) is 3.68. The van der Waals surface area contributed by atoms with Crippen LogP contribution < -0.4 is 10.2 Å². The fourth-order valence-electron chi connectivity index (χ4n) is 5.81. The van der Waals surface area contributed by atoms with E-state index < -0.39 is 0 Å². The quantitative estimate of drug-likeness (QED) is 0.389. The lowest BCUT2D eigenvalue weighted by atomic mass is 9.91. The molecule has 0 bridgehead atoms. The molecule has 36 heavy (non-hydrogen) atoms. The summed E-state index contributed by atoms with van der Waals surface area (Å²) in [4.78, 5) is 28.7. The number of likely N-dealkylation sites (tertiary alicyclic amines) is 1. The molecule has 3 rings (SSSR count). The molecule has 1 N–H and O–H groups in total. The molecule has 0 radical (unpaired) electrons. The zero-order chi connectivity index (χ0) is 25.8. The molecule has 2 aliphatic heterocycles. The number of hydrogen-bond acceptors (Lipinski definition) is 7. The number of carbonyl (C=O) groups excluding carboxylic acids is 1. The van der Waals surface area contributed by atoms with Crippen LogP contribution in [0.25, 0.3) is 0 Å². The fraction of sp³-hybridized carbons (Fsp3) is 0.821. The van der Waals surface area contributed by atoms with Crippen molar-refractivity contribution in [3.8, 4) is 0 Å². The zero-order valence-electron chi connectivity index (χ0n) is 23.3. The van der Waals surface area contributed by atoms with E-state index in [2.05, 4.69) is 53.3 Å². The first-order valence-corrected chi connectivity index (χ1v) is 14.3. The number of hydrogen-bond donors (Lipinski definition) is 1. The minimum Gasteiger partial charge on any atom is -0.375 e. The van der Waals surface area contributed by atoms with Crippen molar-refractivity contribution in [2.75, 3.05) is 64.9 Å². The van der Waals surface area contributed by atoms with Gasteiger partial charge in [-0.1, -0.05) is 33.1 Å². The summed E-state index contributed by atoms with van der Waals surface area (Å²) < 4.78 is 4.82. The Bertz CT molecular complexity index is 739. The SMILES string of the molecule is CCC1CN(C)CC(CC)N1c1ncc(C2CCN(CCCCCCCNC(=O)COC)CC2)cn1. The fourth-order valence-corrected chi connectivity index (χ4v) is 5.81. The summed E-state index contributed by atoms with van der Waals surface area (Å²) in [6.07, 6.45) is 14.9. The number of piperidine rings is 1. The highest BCUT2D eigenvalue weighted by Crippen LogP contribution is 2.29. The number of nitrogens with zero attached hydrogens (tertiary/aromatic N) is 5. The highest BCUT2D eigenvalue weighted by molar-refractivity contribution is 5.77. The number of aromatic nitrogens is 2. The highest BCUT2D eigenvalue weighted by atomic mass is 16.5. The van der Waals surface area contributed by atoms with Gasteiger partial charge in [0.2, 0.25) is 11.9 Å². The molecule has 3 heterocycles. The summed E-state index contributed by atoms with van der Waals surface area (Å²) in [7, 11) is 3.78. The summed E-state index contributed by atoms with van der Waals surface area (Å²) in [6, 6.07) is 0.981. The van der Waals surface area contributed by atoms with E-state index in [9.17, 15) is 4.79 Å². The summed E-state index contributed by atoms with van der Waals surface area (Å²) >= 11 is 0. The van der Waals surface area contributed by atoms with Gasteiger partial charge >= 0.3 is 0 Å². The van der Waals surface area contributed by atoms with Gasteiger partial charge in [-0.2, -0.15) is 0 Å². The third-order valence-electron chi connectivity index (χ3n) is 7.97. The van der Waals surface area contributed by atoms with Crippen molar-refractivity contribution in [1.82, 2.24) is 25.1 Å². The van der Waals surface area contributed by atoms with Crippen molar-refractivity contribution in [1.29, 1.82) is 0 Å². The van der Waals surface area contributed by atoms with E-state index in [1.165, 1.54) is 63.7 Å². The van der Waals surface area contributed by atoms with E-state index in [0.717, 1.165) is 44.8 Å². The molecule has 2 aliphatic rings. The predicted molar refractivity (Wildman–Crippen MR) is 147 cm³/mol. The van der Waals surface area contributed by atoms with Gasteiger partial charge in [0, 0.05) is 51.2 Å². The Labute approximate surface area is 219 Å². The van der Waals surface area contributed by atoms with Crippen LogP contribution >= 0.6 is 0 Å². The number of anilines is 1. The van der Waals surface area contributed by atoms with Crippen LogP contribution in [0.5, 0.6) is 0 Å². The second-order valence-electron chi connectivity index (χ2n) is 10.7. The molecule has 8 nitrogen and oxygen atoms in total. The van der Waals surface area contributed by atoms with Gasteiger partial charge in [0.15, 0.2) is 0 Å². The summed E-state index contributed by atoms with van der Waals surface area (Å²) in [5.74, 6) is 1.48. The molecule has 2 saturated heterocycles. The molecule has 2 unspecified atom stereocenters. The van der Waals surface area contributed by atoms with Crippen LogP contribution in [0.4, 0.5) is 5.95 Å². The second kappa shape index (κ2) is 15.5. The number of carbonyl (C=O) groups is 1. The number of amides is 1. The van der Waals surface area contributed by atoms with Crippen molar-refractivity contribution in [3.63, 3.8) is 0 Å². The van der Waals surface area contributed by atoms with E-state index >= 15 is 0 Å². The molecule has 8 heteroatoms. The number of nitrogens with one attached hydrogen (secondary N) is 1. The average Bonchev–Trinajstić information content (AvgIpc) is 2.90. The lowest BCUT2D eigenvalue weighted by Gasteiger charge is -2.45. The maximum atomic E-state index is 11.4. The van der Waals surface area contributed by atoms with Gasteiger partial charge in [-0.3, -0.25) is 4.79 Å². The average molecular weight is 503 g/mol. The third-order valence-corrected chi connectivity index (χ3v) is 7.97. The Balaban J connectivity index is 1.34. The molecule has 1 amide bonds. The molecule has 0 saturated carbocycles. The molecule has 2 fully saturated rings. The molecule has 0 spiro atoms. The molecule has 1 aromatic heterocycles. The van der Waals surface area contributed by atoms with Gasteiger partial charge in [-0.25, -0.2) is 9.97 Å². The first kappa shape index (κ1) is 28.8. The van der Waals surface area contributed by atoms with Gasteiger partial charge in [-0.05, 0) is 76.7 Å². The van der Waals surface area contributed by atoms with E-state index in [0.29, 0.717) is 18.0 Å². The number of likely N-dealkylation sites (N-methyl/N-ethyl adjacent to an activating group) is 1. The normalized spacial score (nSPS) is 22.2. The Hall–Kier alpha value is -1.77. The number of methoxy groups -OCH3 is 1. The van der Waals surface area contributed by atoms with Gasteiger partial charge in [0.05, 0.1) is 0 Å². The van der Waals surface area contributed by atoms with Crippen molar-refractivity contribution in [3.05, 3.63) is 18.0 Å². The minimum atomic E-state index is -0.0197. The smallest absolute Gasteiger partial charge is 0.245 e. The standard InChI is InChI=1S/C28H50N6O2/c1-5-25-20-32(3)21-26(6-2)34(25)28-30-18-24(19-31-28)23-12-16-33(17-13-23)15-11-9-7-8-10-14-29-27(35)22-36-4/h18-19,23,25-26H,5-17,20-22H2,1-4H3,(H,29,35). The van der Waals surface area contributed by atoms with Crippen molar-refractivity contribution < 1.29 is 9.53 Å².